The molecule has 6 nitrogen and oxygen atoms in total. The molecular formula is C18H21NO5S2. The van der Waals surface area contributed by atoms with E-state index in [0.717, 1.165) is 22.3 Å². The summed E-state index contributed by atoms with van der Waals surface area (Å²) < 4.78 is 29.5. The standard InChI is InChI=1S/C18H21NO5S2/c1-13-3-5-14(6-4-13)11-18(21)24-12-16(20)17-8-7-15(25-17)9-10-19-26(2,22)23/h3-8,19H,9-12H2,1-2H3. The molecule has 1 heterocycles. The lowest BCUT2D eigenvalue weighted by Gasteiger charge is -2.04. The summed E-state index contributed by atoms with van der Waals surface area (Å²) in [6.45, 7) is 1.94. The quantitative estimate of drug-likeness (QED) is 0.519. The number of carbonyl (C=O) groups excluding carboxylic acids is 2. The van der Waals surface area contributed by atoms with Crippen LogP contribution in [0.3, 0.4) is 0 Å². The van der Waals surface area contributed by atoms with Crippen molar-refractivity contribution in [1.29, 1.82) is 0 Å². The first-order valence-corrected chi connectivity index (χ1v) is 10.7. The molecule has 1 aromatic heterocycles. The van der Waals surface area contributed by atoms with Crippen LogP contribution in [0, 0.1) is 6.92 Å². The van der Waals surface area contributed by atoms with Crippen molar-refractivity contribution < 1.29 is 22.7 Å². The van der Waals surface area contributed by atoms with E-state index in [-0.39, 0.29) is 25.4 Å². The average Bonchev–Trinajstić information content (AvgIpc) is 3.02. The first kappa shape index (κ1) is 20.3. The van der Waals surface area contributed by atoms with Crippen LogP contribution in [0.2, 0.25) is 0 Å². The monoisotopic (exact) mass is 395 g/mol. The molecule has 0 spiro atoms. The van der Waals surface area contributed by atoms with E-state index in [1.165, 1.54) is 11.3 Å². The normalized spacial score (nSPS) is 11.3. The highest BCUT2D eigenvalue weighted by Crippen LogP contribution is 2.17. The smallest absolute Gasteiger partial charge is 0.310 e. The fourth-order valence-corrected chi connectivity index (χ4v) is 3.57. The number of rotatable bonds is 9. The predicted molar refractivity (Wildman–Crippen MR) is 101 cm³/mol. The van der Waals surface area contributed by atoms with E-state index < -0.39 is 16.0 Å². The molecule has 0 unspecified atom stereocenters. The van der Waals surface area contributed by atoms with Crippen LogP contribution in [0.25, 0.3) is 0 Å². The molecule has 0 saturated heterocycles. The average molecular weight is 396 g/mol. The summed E-state index contributed by atoms with van der Waals surface area (Å²) >= 11 is 1.27. The molecule has 2 aromatic rings. The maximum atomic E-state index is 12.1. The van der Waals surface area contributed by atoms with Crippen LogP contribution in [-0.4, -0.2) is 39.6 Å². The van der Waals surface area contributed by atoms with Gasteiger partial charge in [-0.25, -0.2) is 13.1 Å². The van der Waals surface area contributed by atoms with E-state index in [0.29, 0.717) is 11.3 Å². The number of aryl methyl sites for hydroxylation is 1. The first-order chi connectivity index (χ1) is 12.2. The van der Waals surface area contributed by atoms with Gasteiger partial charge in [0.1, 0.15) is 0 Å². The Hall–Kier alpha value is -2.03. The fraction of sp³-hybridized carbons (Fsp3) is 0.333. The molecule has 26 heavy (non-hydrogen) atoms. The second-order valence-electron chi connectivity index (χ2n) is 5.93. The lowest BCUT2D eigenvalue weighted by atomic mass is 10.1. The molecule has 0 bridgehead atoms. The largest absolute Gasteiger partial charge is 0.457 e. The van der Waals surface area contributed by atoms with Gasteiger partial charge in [-0.2, -0.15) is 0 Å². The van der Waals surface area contributed by atoms with Gasteiger partial charge in [0.05, 0.1) is 17.6 Å². The van der Waals surface area contributed by atoms with E-state index in [2.05, 4.69) is 4.72 Å². The number of thiophene rings is 1. The molecule has 0 aliphatic heterocycles. The second kappa shape index (κ2) is 9.07. The lowest BCUT2D eigenvalue weighted by molar-refractivity contribution is -0.141. The van der Waals surface area contributed by atoms with Crippen LogP contribution in [0.1, 0.15) is 25.7 Å². The maximum absolute atomic E-state index is 12.1. The first-order valence-electron chi connectivity index (χ1n) is 8.00. The van der Waals surface area contributed by atoms with Gasteiger partial charge in [-0.05, 0) is 31.0 Å². The summed E-state index contributed by atoms with van der Waals surface area (Å²) in [7, 11) is -3.22. The number of carbonyl (C=O) groups is 2. The van der Waals surface area contributed by atoms with Gasteiger partial charge in [0.2, 0.25) is 15.8 Å². The number of hydrogen-bond acceptors (Lipinski definition) is 6. The topological polar surface area (TPSA) is 89.5 Å². The molecule has 0 atom stereocenters. The summed E-state index contributed by atoms with van der Waals surface area (Å²) in [6, 6.07) is 11.0. The van der Waals surface area contributed by atoms with Crippen molar-refractivity contribution in [3.63, 3.8) is 0 Å². The number of hydrogen-bond donors (Lipinski definition) is 1. The minimum Gasteiger partial charge on any atom is -0.457 e. The van der Waals surface area contributed by atoms with Crippen molar-refractivity contribution in [3.05, 3.63) is 57.3 Å². The Morgan fingerprint density at radius 3 is 2.46 bits per heavy atom. The fourth-order valence-electron chi connectivity index (χ4n) is 2.16. The Morgan fingerprint density at radius 1 is 1.12 bits per heavy atom. The molecule has 1 N–H and O–H groups in total. The second-order valence-corrected chi connectivity index (χ2v) is 8.93. The SMILES string of the molecule is Cc1ccc(CC(=O)OCC(=O)c2ccc(CCNS(C)(=O)=O)s2)cc1. The molecule has 0 amide bonds. The highest BCUT2D eigenvalue weighted by Gasteiger charge is 2.13. The third-order valence-electron chi connectivity index (χ3n) is 3.51. The minimum atomic E-state index is -3.22. The van der Waals surface area contributed by atoms with Gasteiger partial charge in [0.15, 0.2) is 6.61 Å². The molecule has 8 heteroatoms. The summed E-state index contributed by atoms with van der Waals surface area (Å²) in [4.78, 5) is 25.3. The van der Waals surface area contributed by atoms with Crippen LogP contribution in [0.4, 0.5) is 0 Å². The van der Waals surface area contributed by atoms with Crippen LogP contribution < -0.4 is 4.72 Å². The number of sulfonamides is 1. The third-order valence-corrected chi connectivity index (χ3v) is 5.42. The molecule has 0 saturated carbocycles. The highest BCUT2D eigenvalue weighted by atomic mass is 32.2. The number of ether oxygens (including phenoxy) is 1. The van der Waals surface area contributed by atoms with E-state index >= 15 is 0 Å². The summed E-state index contributed by atoms with van der Waals surface area (Å²) in [5, 5.41) is 0. The van der Waals surface area contributed by atoms with Crippen LogP contribution in [-0.2, 0) is 32.4 Å². The van der Waals surface area contributed by atoms with Crippen LogP contribution >= 0.6 is 11.3 Å². The number of ketones is 1. The molecule has 140 valence electrons. The van der Waals surface area contributed by atoms with E-state index in [9.17, 15) is 18.0 Å². The van der Waals surface area contributed by atoms with Crippen LogP contribution in [0.15, 0.2) is 36.4 Å². The Kier molecular flexibility index (Phi) is 7.07. The van der Waals surface area contributed by atoms with Crippen molar-refractivity contribution in [2.75, 3.05) is 19.4 Å². The predicted octanol–water partition coefficient (Wildman–Crippen LogP) is 2.12. The van der Waals surface area contributed by atoms with Gasteiger partial charge in [-0.15, -0.1) is 11.3 Å². The molecule has 0 radical (unpaired) electrons. The molecule has 0 aliphatic carbocycles. The van der Waals surface area contributed by atoms with Crippen molar-refractivity contribution in [2.45, 2.75) is 19.8 Å². The van der Waals surface area contributed by atoms with Gasteiger partial charge >= 0.3 is 5.97 Å². The number of Topliss-reactive ketones (excluding diaryl/α,β-unsaturated/α-hetero) is 1. The maximum Gasteiger partial charge on any atom is 0.310 e. The zero-order chi connectivity index (χ0) is 19.2. The van der Waals surface area contributed by atoms with Gasteiger partial charge in [-0.3, -0.25) is 9.59 Å². The number of esters is 1. The summed E-state index contributed by atoms with van der Waals surface area (Å²) in [5.41, 5.74) is 1.95. The van der Waals surface area contributed by atoms with Gasteiger partial charge in [-0.1, -0.05) is 29.8 Å². The van der Waals surface area contributed by atoms with Gasteiger partial charge in [0.25, 0.3) is 0 Å². The zero-order valence-corrected chi connectivity index (χ0v) is 16.3. The van der Waals surface area contributed by atoms with Crippen molar-refractivity contribution in [2.24, 2.45) is 0 Å². The Morgan fingerprint density at radius 2 is 1.81 bits per heavy atom. The lowest BCUT2D eigenvalue weighted by Crippen LogP contribution is -2.24. The third kappa shape index (κ3) is 7.07. The molecular weight excluding hydrogens is 374 g/mol. The minimum absolute atomic E-state index is 0.125. The van der Waals surface area contributed by atoms with Crippen molar-refractivity contribution in [3.8, 4) is 0 Å². The van der Waals surface area contributed by atoms with Crippen molar-refractivity contribution >= 4 is 33.1 Å². The van der Waals surface area contributed by atoms with Crippen LogP contribution in [0.5, 0.6) is 0 Å². The molecule has 0 fully saturated rings. The van der Waals surface area contributed by atoms with Crippen molar-refractivity contribution in [1.82, 2.24) is 4.72 Å². The number of nitrogens with one attached hydrogen (secondary N) is 1. The molecule has 1 aromatic carbocycles. The highest BCUT2D eigenvalue weighted by molar-refractivity contribution is 7.88. The van der Waals surface area contributed by atoms with Gasteiger partial charge in [0, 0.05) is 11.4 Å². The summed E-state index contributed by atoms with van der Waals surface area (Å²) in [6.07, 6.45) is 1.72. The van der Waals surface area contributed by atoms with Gasteiger partial charge < -0.3 is 4.74 Å². The summed E-state index contributed by atoms with van der Waals surface area (Å²) in [5.74, 6) is -0.717. The zero-order valence-electron chi connectivity index (χ0n) is 14.7. The number of benzene rings is 1. The Labute approximate surface area is 157 Å². The molecule has 0 aliphatic rings. The van der Waals surface area contributed by atoms with E-state index in [4.69, 9.17) is 4.74 Å². The van der Waals surface area contributed by atoms with E-state index in [1.807, 2.05) is 31.2 Å². The Balaban J connectivity index is 1.78. The Bertz CT molecular complexity index is 869. The van der Waals surface area contributed by atoms with E-state index in [1.54, 1.807) is 12.1 Å². The molecule has 2 rings (SSSR count).